The molecule has 1 rings (SSSR count). The van der Waals surface area contributed by atoms with Crippen LogP contribution < -0.4 is 0 Å². The van der Waals surface area contributed by atoms with E-state index in [2.05, 4.69) is 6.07 Å². The third-order valence-electron chi connectivity index (χ3n) is 2.91. The second kappa shape index (κ2) is 5.41. The second-order valence-electron chi connectivity index (χ2n) is 4.37. The molecule has 0 N–H and O–H groups in total. The van der Waals surface area contributed by atoms with Crippen LogP contribution in [0, 0.1) is 11.3 Å². The molecule has 0 saturated carbocycles. The molecule has 1 atom stereocenters. The van der Waals surface area contributed by atoms with Crippen molar-refractivity contribution in [3.63, 3.8) is 0 Å². The average molecular weight is 216 g/mol. The first kappa shape index (κ1) is 12.4. The molecule has 0 aromatic heterocycles. The molecule has 2 nitrogen and oxygen atoms in total. The zero-order valence-corrected chi connectivity index (χ0v) is 9.18. The zero-order chi connectivity index (χ0) is 11.3. The number of nitrogens with zero attached hydrogens (tertiary/aromatic N) is 2. The van der Waals surface area contributed by atoms with E-state index >= 15 is 0 Å². The third-order valence-corrected chi connectivity index (χ3v) is 2.91. The van der Waals surface area contributed by atoms with Gasteiger partial charge in [-0.25, -0.2) is 8.78 Å². The molecule has 86 valence electrons. The maximum atomic E-state index is 12.7. The smallest absolute Gasteiger partial charge is 0.246 e. The van der Waals surface area contributed by atoms with Crippen molar-refractivity contribution in [2.75, 3.05) is 13.1 Å². The lowest BCUT2D eigenvalue weighted by Gasteiger charge is -2.34. The summed E-state index contributed by atoms with van der Waals surface area (Å²) in [5.41, 5.74) is 0. The van der Waals surface area contributed by atoms with Gasteiger partial charge in [0.05, 0.1) is 12.5 Å². The molecule has 0 radical (unpaired) electrons. The molecule has 15 heavy (non-hydrogen) atoms. The maximum absolute atomic E-state index is 12.7. The van der Waals surface area contributed by atoms with Crippen LogP contribution in [0.25, 0.3) is 0 Å². The summed E-state index contributed by atoms with van der Waals surface area (Å²) >= 11 is 0. The van der Waals surface area contributed by atoms with Gasteiger partial charge in [-0.1, -0.05) is 6.42 Å². The highest BCUT2D eigenvalue weighted by molar-refractivity contribution is 4.85. The van der Waals surface area contributed by atoms with Crippen molar-refractivity contribution in [2.45, 2.75) is 51.0 Å². The van der Waals surface area contributed by atoms with Crippen molar-refractivity contribution in [3.8, 4) is 6.07 Å². The average Bonchev–Trinajstić information content (AvgIpc) is 2.16. The summed E-state index contributed by atoms with van der Waals surface area (Å²) in [6.45, 7) is 2.23. The van der Waals surface area contributed by atoms with Gasteiger partial charge in [0.1, 0.15) is 0 Å². The topological polar surface area (TPSA) is 27.0 Å². The van der Waals surface area contributed by atoms with Crippen molar-refractivity contribution in [2.24, 2.45) is 0 Å². The number of nitriles is 1. The van der Waals surface area contributed by atoms with Gasteiger partial charge in [0, 0.05) is 19.0 Å². The second-order valence-corrected chi connectivity index (χ2v) is 4.37. The van der Waals surface area contributed by atoms with E-state index in [1.165, 1.54) is 0 Å². The van der Waals surface area contributed by atoms with E-state index in [0.717, 1.165) is 32.7 Å². The first-order valence-corrected chi connectivity index (χ1v) is 5.52. The lowest BCUT2D eigenvalue weighted by Crippen LogP contribution is -2.41. The summed E-state index contributed by atoms with van der Waals surface area (Å²) in [4.78, 5) is 2.05. The maximum Gasteiger partial charge on any atom is 0.246 e. The summed E-state index contributed by atoms with van der Waals surface area (Å²) < 4.78 is 25.4. The van der Waals surface area contributed by atoms with Gasteiger partial charge in [-0.15, -0.1) is 0 Å². The van der Waals surface area contributed by atoms with Gasteiger partial charge >= 0.3 is 0 Å². The number of likely N-dealkylation sites (tertiary alicyclic amines) is 1. The number of hydrogen-bond donors (Lipinski definition) is 0. The molecule has 1 unspecified atom stereocenters. The van der Waals surface area contributed by atoms with Gasteiger partial charge in [-0.3, -0.25) is 4.90 Å². The van der Waals surface area contributed by atoms with Crippen molar-refractivity contribution >= 4 is 0 Å². The van der Waals surface area contributed by atoms with Gasteiger partial charge in [-0.2, -0.15) is 5.26 Å². The largest absolute Gasteiger partial charge is 0.299 e. The zero-order valence-electron chi connectivity index (χ0n) is 9.18. The van der Waals surface area contributed by atoms with Crippen molar-refractivity contribution < 1.29 is 8.78 Å². The van der Waals surface area contributed by atoms with E-state index in [-0.39, 0.29) is 12.5 Å². The first-order chi connectivity index (χ1) is 7.03. The Hall–Kier alpha value is -0.690. The summed E-state index contributed by atoms with van der Waals surface area (Å²) in [5, 5.41) is 8.64. The molecular formula is C11H18F2N2. The number of hydrogen-bond acceptors (Lipinski definition) is 2. The van der Waals surface area contributed by atoms with Crippen LogP contribution in [0.15, 0.2) is 0 Å². The Bertz CT molecular complexity index is 230. The van der Waals surface area contributed by atoms with Gasteiger partial charge in [-0.05, 0) is 26.3 Å². The van der Waals surface area contributed by atoms with E-state index in [1.807, 2.05) is 4.90 Å². The third kappa shape index (κ3) is 4.57. The molecule has 1 aliphatic rings. The van der Waals surface area contributed by atoms with Gasteiger partial charge in [0.25, 0.3) is 0 Å². The fourth-order valence-electron chi connectivity index (χ4n) is 2.03. The van der Waals surface area contributed by atoms with E-state index in [1.54, 1.807) is 0 Å². The fourth-order valence-corrected chi connectivity index (χ4v) is 2.03. The van der Waals surface area contributed by atoms with Crippen molar-refractivity contribution in [1.82, 2.24) is 4.90 Å². The molecule has 4 heteroatoms. The minimum absolute atomic E-state index is 0.102. The quantitative estimate of drug-likeness (QED) is 0.722. The van der Waals surface area contributed by atoms with E-state index < -0.39 is 5.92 Å². The minimum atomic E-state index is -2.59. The predicted molar refractivity (Wildman–Crippen MR) is 54.7 cm³/mol. The molecule has 0 aromatic carbocycles. The van der Waals surface area contributed by atoms with Crippen molar-refractivity contribution in [3.05, 3.63) is 0 Å². The summed E-state index contributed by atoms with van der Waals surface area (Å²) in [6.07, 6.45) is 3.52. The Kier molecular flexibility index (Phi) is 4.46. The van der Waals surface area contributed by atoms with Crippen LogP contribution in [-0.4, -0.2) is 30.0 Å². The Morgan fingerprint density at radius 1 is 1.47 bits per heavy atom. The molecule has 1 saturated heterocycles. The monoisotopic (exact) mass is 216 g/mol. The molecule has 0 aromatic rings. The standard InChI is InChI=1S/C11H18F2N2/c1-11(12,13)6-9-15-8-3-2-4-10(15)5-7-14/h10H,2-6,8-9H2,1H3. The van der Waals surface area contributed by atoms with Crippen LogP contribution in [0.4, 0.5) is 8.78 Å². The highest BCUT2D eigenvalue weighted by Crippen LogP contribution is 2.23. The molecule has 0 aliphatic carbocycles. The normalized spacial score (nSPS) is 23.7. The number of rotatable bonds is 4. The van der Waals surface area contributed by atoms with Crippen LogP contribution in [0.2, 0.25) is 0 Å². The van der Waals surface area contributed by atoms with Crippen LogP contribution in [0.1, 0.15) is 39.0 Å². The Labute approximate surface area is 89.9 Å². The first-order valence-electron chi connectivity index (χ1n) is 5.52. The van der Waals surface area contributed by atoms with E-state index in [4.69, 9.17) is 5.26 Å². The van der Waals surface area contributed by atoms with E-state index in [9.17, 15) is 8.78 Å². The van der Waals surface area contributed by atoms with Crippen LogP contribution in [-0.2, 0) is 0 Å². The van der Waals surface area contributed by atoms with Gasteiger partial charge in [0.15, 0.2) is 0 Å². The molecule has 0 amide bonds. The Balaban J connectivity index is 2.40. The Morgan fingerprint density at radius 3 is 2.80 bits per heavy atom. The van der Waals surface area contributed by atoms with Crippen LogP contribution in [0.5, 0.6) is 0 Å². The number of alkyl halides is 2. The molecule has 0 bridgehead atoms. The van der Waals surface area contributed by atoms with Gasteiger partial charge in [0.2, 0.25) is 5.92 Å². The van der Waals surface area contributed by atoms with Gasteiger partial charge < -0.3 is 0 Å². The van der Waals surface area contributed by atoms with E-state index in [0.29, 0.717) is 13.0 Å². The lowest BCUT2D eigenvalue weighted by molar-refractivity contribution is -0.00391. The molecule has 1 heterocycles. The number of piperidine rings is 1. The summed E-state index contributed by atoms with van der Waals surface area (Å²) in [7, 11) is 0. The lowest BCUT2D eigenvalue weighted by atomic mass is 9.99. The molecule has 0 spiro atoms. The summed E-state index contributed by atoms with van der Waals surface area (Å²) in [5.74, 6) is -2.59. The minimum Gasteiger partial charge on any atom is -0.299 e. The molecular weight excluding hydrogens is 198 g/mol. The Morgan fingerprint density at radius 2 is 2.20 bits per heavy atom. The highest BCUT2D eigenvalue weighted by atomic mass is 19.3. The van der Waals surface area contributed by atoms with Crippen LogP contribution in [0.3, 0.4) is 0 Å². The molecule has 1 fully saturated rings. The van der Waals surface area contributed by atoms with Crippen molar-refractivity contribution in [1.29, 1.82) is 5.26 Å². The highest BCUT2D eigenvalue weighted by Gasteiger charge is 2.26. The predicted octanol–water partition coefficient (Wildman–Crippen LogP) is 2.80. The molecule has 1 aliphatic heterocycles. The summed E-state index contributed by atoms with van der Waals surface area (Å²) in [6, 6.07) is 2.34. The SMILES string of the molecule is CC(F)(F)CCN1CCCCC1CC#N. The fraction of sp³-hybridized carbons (Fsp3) is 0.909. The van der Waals surface area contributed by atoms with Crippen LogP contribution >= 0.6 is 0 Å². The number of halogens is 2.